The second-order valence-corrected chi connectivity index (χ2v) is 6.87. The number of carbonyl (C=O) groups excluding carboxylic acids is 2. The van der Waals surface area contributed by atoms with Crippen molar-refractivity contribution >= 4 is 33.5 Å². The lowest BCUT2D eigenvalue weighted by Gasteiger charge is -2.11. The number of aromatic nitrogens is 2. The number of anilines is 1. The normalized spacial score (nSPS) is 10.6. The first-order valence-electron chi connectivity index (χ1n) is 8.45. The monoisotopic (exact) mass is 445 g/mol. The van der Waals surface area contributed by atoms with E-state index in [1.165, 1.54) is 18.3 Å². The van der Waals surface area contributed by atoms with Crippen molar-refractivity contribution in [3.63, 3.8) is 0 Å². The van der Waals surface area contributed by atoms with E-state index >= 15 is 0 Å². The minimum atomic E-state index is -0.588. The molecule has 0 aliphatic rings. The summed E-state index contributed by atoms with van der Waals surface area (Å²) in [7, 11) is 1.66. The molecule has 0 atom stereocenters. The Labute approximate surface area is 169 Å². The molecule has 28 heavy (non-hydrogen) atoms. The maximum atomic E-state index is 13.7. The highest BCUT2D eigenvalue weighted by Crippen LogP contribution is 2.34. The van der Waals surface area contributed by atoms with Gasteiger partial charge in [-0.25, -0.2) is 9.18 Å². The SMILES string of the molecule is CCOC(=O)c1c(NC(=O)c2cncc(Br)c2)c(-c2cccc(F)c2)cn1C. The van der Waals surface area contributed by atoms with Crippen LogP contribution in [0.15, 0.2) is 53.4 Å². The first kappa shape index (κ1) is 19.8. The van der Waals surface area contributed by atoms with Crippen LogP contribution in [0, 0.1) is 5.82 Å². The van der Waals surface area contributed by atoms with Gasteiger partial charge in [-0.15, -0.1) is 0 Å². The summed E-state index contributed by atoms with van der Waals surface area (Å²) in [5.74, 6) is -1.47. The number of nitrogens with one attached hydrogen (secondary N) is 1. The fraction of sp³-hybridized carbons (Fsp3) is 0.150. The minimum absolute atomic E-state index is 0.164. The molecule has 0 saturated carbocycles. The van der Waals surface area contributed by atoms with Crippen molar-refractivity contribution in [1.29, 1.82) is 0 Å². The smallest absolute Gasteiger partial charge is 0.357 e. The summed E-state index contributed by atoms with van der Waals surface area (Å²) >= 11 is 3.27. The van der Waals surface area contributed by atoms with Gasteiger partial charge in [0.1, 0.15) is 5.82 Å². The lowest BCUT2D eigenvalue weighted by atomic mass is 10.1. The molecular formula is C20H17BrFN3O3. The number of pyridine rings is 1. The summed E-state index contributed by atoms with van der Waals surface area (Å²) in [5.41, 5.74) is 1.74. The lowest BCUT2D eigenvalue weighted by molar-refractivity contribution is 0.0516. The number of amides is 1. The van der Waals surface area contributed by atoms with Crippen LogP contribution >= 0.6 is 15.9 Å². The van der Waals surface area contributed by atoms with E-state index in [0.29, 0.717) is 21.2 Å². The molecule has 1 aromatic carbocycles. The number of rotatable bonds is 5. The molecule has 0 bridgehead atoms. The fourth-order valence-electron chi connectivity index (χ4n) is 2.80. The predicted molar refractivity (Wildman–Crippen MR) is 107 cm³/mol. The van der Waals surface area contributed by atoms with Crippen molar-refractivity contribution in [2.45, 2.75) is 6.92 Å². The third kappa shape index (κ3) is 4.12. The Kier molecular flexibility index (Phi) is 5.89. The van der Waals surface area contributed by atoms with Crippen molar-refractivity contribution in [3.05, 3.63) is 70.5 Å². The van der Waals surface area contributed by atoms with Gasteiger partial charge in [0.2, 0.25) is 0 Å². The minimum Gasteiger partial charge on any atom is -0.461 e. The molecule has 0 fully saturated rings. The van der Waals surface area contributed by atoms with E-state index in [1.807, 2.05) is 0 Å². The van der Waals surface area contributed by atoms with Crippen LogP contribution in [0.3, 0.4) is 0 Å². The Morgan fingerprint density at radius 3 is 2.75 bits per heavy atom. The van der Waals surface area contributed by atoms with Crippen LogP contribution in [0.4, 0.5) is 10.1 Å². The third-order valence-corrected chi connectivity index (χ3v) is 4.43. The zero-order chi connectivity index (χ0) is 20.3. The van der Waals surface area contributed by atoms with Crippen LogP contribution in [0.1, 0.15) is 27.8 Å². The van der Waals surface area contributed by atoms with Crippen molar-refractivity contribution in [2.75, 3.05) is 11.9 Å². The number of halogens is 2. The molecule has 1 amide bonds. The van der Waals surface area contributed by atoms with Gasteiger partial charge in [-0.3, -0.25) is 9.78 Å². The topological polar surface area (TPSA) is 73.2 Å². The van der Waals surface area contributed by atoms with Gasteiger partial charge in [-0.1, -0.05) is 12.1 Å². The molecule has 2 heterocycles. The summed E-state index contributed by atoms with van der Waals surface area (Å²) in [6.07, 6.45) is 4.62. The maximum Gasteiger partial charge on any atom is 0.357 e. The molecule has 1 N–H and O–H groups in total. The maximum absolute atomic E-state index is 13.7. The Morgan fingerprint density at radius 1 is 1.29 bits per heavy atom. The van der Waals surface area contributed by atoms with E-state index in [9.17, 15) is 14.0 Å². The van der Waals surface area contributed by atoms with Gasteiger partial charge in [0.05, 0.1) is 17.9 Å². The van der Waals surface area contributed by atoms with Crippen molar-refractivity contribution in [2.24, 2.45) is 7.05 Å². The van der Waals surface area contributed by atoms with Crippen molar-refractivity contribution < 1.29 is 18.7 Å². The van der Waals surface area contributed by atoms with Crippen LogP contribution in [-0.2, 0) is 11.8 Å². The highest BCUT2D eigenvalue weighted by molar-refractivity contribution is 9.10. The number of nitrogens with zero attached hydrogens (tertiary/aromatic N) is 2. The van der Waals surface area contributed by atoms with Gasteiger partial charge in [-0.2, -0.15) is 0 Å². The number of hydrogen-bond donors (Lipinski definition) is 1. The molecule has 0 spiro atoms. The van der Waals surface area contributed by atoms with E-state index in [4.69, 9.17) is 4.74 Å². The summed E-state index contributed by atoms with van der Waals surface area (Å²) in [6, 6.07) is 7.52. The molecule has 0 aliphatic heterocycles. The van der Waals surface area contributed by atoms with Crippen LogP contribution in [-0.4, -0.2) is 28.0 Å². The highest BCUT2D eigenvalue weighted by Gasteiger charge is 2.24. The van der Waals surface area contributed by atoms with Crippen molar-refractivity contribution in [1.82, 2.24) is 9.55 Å². The van der Waals surface area contributed by atoms with Gasteiger partial charge in [0.25, 0.3) is 5.91 Å². The molecule has 144 valence electrons. The van der Waals surface area contributed by atoms with Gasteiger partial charge < -0.3 is 14.6 Å². The standard InChI is InChI=1S/C20H17BrFN3O3/c1-3-28-20(27)18-17(24-19(26)13-7-14(21)10-23-9-13)16(11-25(18)2)12-5-4-6-15(22)8-12/h4-11H,3H2,1-2H3,(H,24,26). The van der Waals surface area contributed by atoms with E-state index < -0.39 is 17.7 Å². The zero-order valence-electron chi connectivity index (χ0n) is 15.2. The summed E-state index contributed by atoms with van der Waals surface area (Å²) in [6.45, 7) is 1.88. The number of carbonyl (C=O) groups is 2. The van der Waals surface area contributed by atoms with Crippen LogP contribution in [0.2, 0.25) is 0 Å². The van der Waals surface area contributed by atoms with Gasteiger partial charge in [0, 0.05) is 35.7 Å². The Balaban J connectivity index is 2.10. The molecule has 3 rings (SSSR count). The van der Waals surface area contributed by atoms with Crippen LogP contribution in [0.5, 0.6) is 0 Å². The summed E-state index contributed by atoms with van der Waals surface area (Å²) in [5, 5.41) is 2.76. The van der Waals surface area contributed by atoms with Crippen LogP contribution < -0.4 is 5.32 Å². The molecule has 6 nitrogen and oxygen atoms in total. The van der Waals surface area contributed by atoms with Gasteiger partial charge in [0.15, 0.2) is 5.69 Å². The zero-order valence-corrected chi connectivity index (χ0v) is 16.8. The number of aryl methyl sites for hydroxylation is 1. The van der Waals surface area contributed by atoms with E-state index in [2.05, 4.69) is 26.2 Å². The summed E-state index contributed by atoms with van der Waals surface area (Å²) in [4.78, 5) is 29.2. The Bertz CT molecular complexity index is 1050. The second-order valence-electron chi connectivity index (χ2n) is 5.95. The van der Waals surface area contributed by atoms with Gasteiger partial charge >= 0.3 is 5.97 Å². The quantitative estimate of drug-likeness (QED) is 0.589. The molecule has 0 unspecified atom stereocenters. The predicted octanol–water partition coefficient (Wildman–Crippen LogP) is 4.42. The average molecular weight is 446 g/mol. The molecule has 2 aromatic heterocycles. The molecule has 8 heteroatoms. The molecule has 0 radical (unpaired) electrons. The van der Waals surface area contributed by atoms with E-state index in [1.54, 1.807) is 49.1 Å². The Morgan fingerprint density at radius 2 is 2.07 bits per heavy atom. The van der Waals surface area contributed by atoms with Gasteiger partial charge in [-0.05, 0) is 46.6 Å². The molecule has 0 aliphatic carbocycles. The highest BCUT2D eigenvalue weighted by atomic mass is 79.9. The number of ether oxygens (including phenoxy) is 1. The van der Waals surface area contributed by atoms with E-state index in [0.717, 1.165) is 0 Å². The first-order valence-corrected chi connectivity index (χ1v) is 9.24. The Hall–Kier alpha value is -3.00. The first-order chi connectivity index (χ1) is 13.4. The third-order valence-electron chi connectivity index (χ3n) is 3.99. The molecule has 3 aromatic rings. The van der Waals surface area contributed by atoms with Crippen LogP contribution in [0.25, 0.3) is 11.1 Å². The second kappa shape index (κ2) is 8.35. The number of esters is 1. The largest absolute Gasteiger partial charge is 0.461 e. The lowest BCUT2D eigenvalue weighted by Crippen LogP contribution is -2.17. The average Bonchev–Trinajstić information content (AvgIpc) is 2.98. The summed E-state index contributed by atoms with van der Waals surface area (Å²) < 4.78 is 21.1. The molecular weight excluding hydrogens is 429 g/mol. The van der Waals surface area contributed by atoms with Crippen molar-refractivity contribution in [3.8, 4) is 11.1 Å². The number of benzene rings is 1. The fourth-order valence-corrected chi connectivity index (χ4v) is 3.16. The number of hydrogen-bond acceptors (Lipinski definition) is 4. The molecule has 0 saturated heterocycles. The van der Waals surface area contributed by atoms with E-state index in [-0.39, 0.29) is 18.0 Å².